The summed E-state index contributed by atoms with van der Waals surface area (Å²) in [6.45, 7) is 5.65. The van der Waals surface area contributed by atoms with Crippen LogP contribution < -0.4 is 16.0 Å². The van der Waals surface area contributed by atoms with Gasteiger partial charge in [0.25, 0.3) is 5.91 Å². The first-order chi connectivity index (χ1) is 16.5. The van der Waals surface area contributed by atoms with Crippen LogP contribution in [0.2, 0.25) is 0 Å². The van der Waals surface area contributed by atoms with Crippen LogP contribution in [0.25, 0.3) is 11.3 Å². The fraction of sp³-hybridized carbons (Fsp3) is 0.280. The molecule has 9 heteroatoms. The fourth-order valence-electron chi connectivity index (χ4n) is 4.14. The van der Waals surface area contributed by atoms with Crippen LogP contribution in [0.1, 0.15) is 44.2 Å². The van der Waals surface area contributed by atoms with Gasteiger partial charge >= 0.3 is 0 Å². The summed E-state index contributed by atoms with van der Waals surface area (Å²) in [5.74, 6) is 0.500. The Hall–Kier alpha value is -3.56. The van der Waals surface area contributed by atoms with Crippen LogP contribution >= 0.6 is 11.3 Å². The monoisotopic (exact) mass is 473 g/mol. The molecule has 1 amide bonds. The molecule has 34 heavy (non-hydrogen) atoms. The normalized spacial score (nSPS) is 15.1. The van der Waals surface area contributed by atoms with E-state index in [-0.39, 0.29) is 5.91 Å². The predicted molar refractivity (Wildman–Crippen MR) is 134 cm³/mol. The van der Waals surface area contributed by atoms with Crippen molar-refractivity contribution >= 4 is 28.9 Å². The SMILES string of the molecule is Cc1cc(-c2ccnc(Nc3cnn(C)c3)n2)ccc1CNC(=O)c1cc2c(s1)CCNC2C. The first kappa shape index (κ1) is 22.2. The Bertz CT molecular complexity index is 1340. The molecule has 1 unspecified atom stereocenters. The molecule has 1 aliphatic heterocycles. The second-order valence-electron chi connectivity index (χ2n) is 8.53. The van der Waals surface area contributed by atoms with E-state index in [4.69, 9.17) is 0 Å². The van der Waals surface area contributed by atoms with Crippen LogP contribution in [0.5, 0.6) is 0 Å². The minimum Gasteiger partial charge on any atom is -0.347 e. The number of aromatic nitrogens is 4. The van der Waals surface area contributed by atoms with E-state index in [1.54, 1.807) is 28.4 Å². The van der Waals surface area contributed by atoms with Gasteiger partial charge in [-0.25, -0.2) is 9.97 Å². The highest BCUT2D eigenvalue weighted by molar-refractivity contribution is 7.14. The Labute approximate surface area is 202 Å². The molecule has 4 aromatic rings. The molecule has 174 valence electrons. The maximum Gasteiger partial charge on any atom is 0.261 e. The molecule has 0 radical (unpaired) electrons. The zero-order valence-corrected chi connectivity index (χ0v) is 20.2. The van der Waals surface area contributed by atoms with Crippen LogP contribution in [-0.2, 0) is 20.0 Å². The molecule has 0 aliphatic carbocycles. The van der Waals surface area contributed by atoms with Gasteiger partial charge in [0.2, 0.25) is 5.95 Å². The third-order valence-corrected chi connectivity index (χ3v) is 7.24. The summed E-state index contributed by atoms with van der Waals surface area (Å²) >= 11 is 1.61. The summed E-state index contributed by atoms with van der Waals surface area (Å²) in [6, 6.07) is 10.4. The first-order valence-electron chi connectivity index (χ1n) is 11.3. The van der Waals surface area contributed by atoms with E-state index in [2.05, 4.69) is 50.9 Å². The molecule has 4 heterocycles. The number of carbonyl (C=O) groups excluding carboxylic acids is 1. The molecule has 0 bridgehead atoms. The number of nitrogens with one attached hydrogen (secondary N) is 3. The molecule has 8 nitrogen and oxygen atoms in total. The number of anilines is 2. The van der Waals surface area contributed by atoms with Crippen molar-refractivity contribution in [1.82, 2.24) is 30.4 Å². The van der Waals surface area contributed by atoms with Crippen molar-refractivity contribution in [3.63, 3.8) is 0 Å². The third-order valence-electron chi connectivity index (χ3n) is 6.03. The molecule has 0 saturated carbocycles. The maximum absolute atomic E-state index is 12.8. The van der Waals surface area contributed by atoms with Crippen molar-refractivity contribution < 1.29 is 4.79 Å². The number of aryl methyl sites for hydroxylation is 2. The van der Waals surface area contributed by atoms with Crippen LogP contribution in [-0.4, -0.2) is 32.2 Å². The lowest BCUT2D eigenvalue weighted by Gasteiger charge is -2.19. The molecule has 0 spiro atoms. The van der Waals surface area contributed by atoms with Crippen LogP contribution in [0, 0.1) is 6.92 Å². The quantitative estimate of drug-likeness (QED) is 0.390. The van der Waals surface area contributed by atoms with Gasteiger partial charge < -0.3 is 16.0 Å². The largest absolute Gasteiger partial charge is 0.347 e. The van der Waals surface area contributed by atoms with Gasteiger partial charge in [-0.2, -0.15) is 5.10 Å². The van der Waals surface area contributed by atoms with Gasteiger partial charge in [0.05, 0.1) is 22.5 Å². The highest BCUT2D eigenvalue weighted by Crippen LogP contribution is 2.31. The maximum atomic E-state index is 12.8. The second kappa shape index (κ2) is 9.36. The van der Waals surface area contributed by atoms with E-state index in [0.29, 0.717) is 18.5 Å². The first-order valence-corrected chi connectivity index (χ1v) is 12.1. The number of nitrogens with zero attached hydrogens (tertiary/aromatic N) is 4. The van der Waals surface area contributed by atoms with Crippen molar-refractivity contribution in [2.45, 2.75) is 32.9 Å². The molecule has 1 aliphatic rings. The molecule has 3 N–H and O–H groups in total. The number of benzene rings is 1. The summed E-state index contributed by atoms with van der Waals surface area (Å²) in [5.41, 5.74) is 6.09. The summed E-state index contributed by atoms with van der Waals surface area (Å²) in [6.07, 6.45) is 6.32. The van der Waals surface area contributed by atoms with E-state index >= 15 is 0 Å². The Balaban J connectivity index is 1.26. The van der Waals surface area contributed by atoms with Crippen molar-refractivity contribution in [2.75, 3.05) is 11.9 Å². The Morgan fingerprint density at radius 3 is 2.94 bits per heavy atom. The van der Waals surface area contributed by atoms with E-state index < -0.39 is 0 Å². The predicted octanol–water partition coefficient (Wildman–Crippen LogP) is 4.13. The Kier molecular flexibility index (Phi) is 6.12. The standard InChI is InChI=1S/C25H27N7OS/c1-15-10-17(21-6-8-27-25(31-21)30-19-13-29-32(3)14-19)4-5-18(15)12-28-24(33)23-11-20-16(2)26-9-7-22(20)34-23/h4-6,8,10-11,13-14,16,26H,7,9,12H2,1-3H3,(H,28,33)(H,27,30,31). The van der Waals surface area contributed by atoms with Crippen LogP contribution in [0.3, 0.4) is 0 Å². The van der Waals surface area contributed by atoms with Gasteiger partial charge in [-0.05, 0) is 55.2 Å². The molecule has 3 aromatic heterocycles. The lowest BCUT2D eigenvalue weighted by Crippen LogP contribution is -2.26. The van der Waals surface area contributed by atoms with Gasteiger partial charge in [-0.1, -0.05) is 12.1 Å². The van der Waals surface area contributed by atoms with Crippen molar-refractivity contribution in [3.8, 4) is 11.3 Å². The number of hydrogen-bond acceptors (Lipinski definition) is 7. The van der Waals surface area contributed by atoms with Crippen LogP contribution in [0.15, 0.2) is 48.9 Å². The van der Waals surface area contributed by atoms with E-state index in [1.165, 1.54) is 10.4 Å². The molecular formula is C25H27N7OS. The molecule has 0 saturated heterocycles. The zero-order chi connectivity index (χ0) is 23.7. The van der Waals surface area contributed by atoms with E-state index in [0.717, 1.165) is 45.9 Å². The summed E-state index contributed by atoms with van der Waals surface area (Å²) < 4.78 is 1.72. The topological polar surface area (TPSA) is 96.8 Å². The van der Waals surface area contributed by atoms with Crippen molar-refractivity contribution in [3.05, 3.63) is 75.4 Å². The van der Waals surface area contributed by atoms with Crippen molar-refractivity contribution in [1.29, 1.82) is 0 Å². The molecule has 5 rings (SSSR count). The summed E-state index contributed by atoms with van der Waals surface area (Å²) in [5, 5.41) is 13.9. The third kappa shape index (κ3) is 4.71. The number of rotatable bonds is 6. The number of carbonyl (C=O) groups is 1. The smallest absolute Gasteiger partial charge is 0.261 e. The van der Waals surface area contributed by atoms with Gasteiger partial charge in [0.1, 0.15) is 0 Å². The molecule has 1 atom stereocenters. The summed E-state index contributed by atoms with van der Waals surface area (Å²) in [4.78, 5) is 23.8. The molecular weight excluding hydrogens is 446 g/mol. The average Bonchev–Trinajstić information content (AvgIpc) is 3.45. The number of thiophene rings is 1. The van der Waals surface area contributed by atoms with E-state index in [9.17, 15) is 4.79 Å². The number of amides is 1. The lowest BCUT2D eigenvalue weighted by atomic mass is 10.0. The second-order valence-corrected chi connectivity index (χ2v) is 9.67. The number of fused-ring (bicyclic) bond motifs is 1. The highest BCUT2D eigenvalue weighted by atomic mass is 32.1. The zero-order valence-electron chi connectivity index (χ0n) is 19.4. The minimum atomic E-state index is -0.0167. The van der Waals surface area contributed by atoms with Gasteiger partial charge in [0.15, 0.2) is 0 Å². The number of hydrogen-bond donors (Lipinski definition) is 3. The van der Waals surface area contributed by atoms with E-state index in [1.807, 2.05) is 37.5 Å². The fourth-order valence-corrected chi connectivity index (χ4v) is 5.31. The minimum absolute atomic E-state index is 0.0167. The Morgan fingerprint density at radius 1 is 1.29 bits per heavy atom. The van der Waals surface area contributed by atoms with Crippen LogP contribution in [0.4, 0.5) is 11.6 Å². The lowest BCUT2D eigenvalue weighted by molar-refractivity contribution is 0.0955. The van der Waals surface area contributed by atoms with Gasteiger partial charge in [-0.3, -0.25) is 9.48 Å². The Morgan fingerprint density at radius 2 is 2.18 bits per heavy atom. The highest BCUT2D eigenvalue weighted by Gasteiger charge is 2.21. The van der Waals surface area contributed by atoms with Gasteiger partial charge in [0, 0.05) is 49.0 Å². The molecule has 1 aromatic carbocycles. The summed E-state index contributed by atoms with van der Waals surface area (Å²) in [7, 11) is 1.86. The van der Waals surface area contributed by atoms with Crippen molar-refractivity contribution in [2.24, 2.45) is 7.05 Å². The molecule has 0 fully saturated rings. The van der Waals surface area contributed by atoms with Gasteiger partial charge in [-0.15, -0.1) is 11.3 Å². The average molecular weight is 474 g/mol.